The first kappa shape index (κ1) is 18.1. The lowest BCUT2D eigenvalue weighted by Gasteiger charge is -2.22. The molecule has 2 atom stereocenters. The smallest absolute Gasteiger partial charge is 0.214 e. The van der Waals surface area contributed by atoms with Gasteiger partial charge in [0.1, 0.15) is 0 Å². The molecule has 26 heavy (non-hydrogen) atoms. The van der Waals surface area contributed by atoms with Crippen LogP contribution in [0.2, 0.25) is 0 Å². The van der Waals surface area contributed by atoms with Crippen LogP contribution < -0.4 is 0 Å². The lowest BCUT2D eigenvalue weighted by molar-refractivity contribution is 0.182. The summed E-state index contributed by atoms with van der Waals surface area (Å²) < 4.78 is 33.6. The Balaban J connectivity index is 1.63. The third kappa shape index (κ3) is 3.33. The van der Waals surface area contributed by atoms with Gasteiger partial charge in [-0.3, -0.25) is 0 Å². The Hall–Kier alpha value is -1.29. The molecule has 3 heterocycles. The zero-order chi connectivity index (χ0) is 18.3. The van der Waals surface area contributed by atoms with Gasteiger partial charge in [-0.2, -0.15) is 0 Å². The van der Waals surface area contributed by atoms with Crippen LogP contribution in [0.1, 0.15) is 29.5 Å². The lowest BCUT2D eigenvalue weighted by atomic mass is 10.0. The van der Waals surface area contributed by atoms with E-state index in [2.05, 4.69) is 9.55 Å². The van der Waals surface area contributed by atoms with E-state index in [1.807, 2.05) is 6.20 Å². The summed E-state index contributed by atoms with van der Waals surface area (Å²) in [6, 6.07) is -0.0387. The van der Waals surface area contributed by atoms with E-state index in [0.717, 1.165) is 23.7 Å². The second-order valence-electron chi connectivity index (χ2n) is 7.18. The van der Waals surface area contributed by atoms with Gasteiger partial charge in [0.15, 0.2) is 10.8 Å². The first-order valence-electron chi connectivity index (χ1n) is 8.95. The first-order valence-corrected chi connectivity index (χ1v) is 11.4. The fraction of sp³-hybridized carbons (Fsp3) is 0.647. The molecule has 4 rings (SSSR count). The van der Waals surface area contributed by atoms with Crippen molar-refractivity contribution in [2.45, 2.75) is 31.7 Å². The molecule has 0 spiro atoms. The molecule has 9 heteroatoms. The molecule has 0 unspecified atom stereocenters. The highest BCUT2D eigenvalue weighted by Gasteiger charge is 2.35. The number of nitrogens with zero attached hydrogens (tertiary/aromatic N) is 4. The van der Waals surface area contributed by atoms with E-state index in [4.69, 9.17) is 9.72 Å². The van der Waals surface area contributed by atoms with Crippen molar-refractivity contribution in [2.75, 3.05) is 33.1 Å². The topological polar surface area (TPSA) is 77.3 Å². The van der Waals surface area contributed by atoms with Gasteiger partial charge in [-0.25, -0.2) is 22.7 Å². The minimum absolute atomic E-state index is 0.0387. The summed E-state index contributed by atoms with van der Waals surface area (Å²) in [6.07, 6.45) is 8.26. The van der Waals surface area contributed by atoms with E-state index in [1.165, 1.54) is 27.7 Å². The maximum Gasteiger partial charge on any atom is 0.214 e. The molecule has 0 aromatic carbocycles. The van der Waals surface area contributed by atoms with Crippen LogP contribution in [-0.4, -0.2) is 60.3 Å². The Morgan fingerprint density at radius 2 is 2.12 bits per heavy atom. The van der Waals surface area contributed by atoms with Crippen molar-refractivity contribution >= 4 is 21.4 Å². The van der Waals surface area contributed by atoms with Gasteiger partial charge in [0, 0.05) is 37.3 Å². The van der Waals surface area contributed by atoms with E-state index in [0.29, 0.717) is 13.2 Å². The zero-order valence-corrected chi connectivity index (χ0v) is 16.7. The van der Waals surface area contributed by atoms with Crippen molar-refractivity contribution < 1.29 is 13.2 Å². The molecular weight excluding hydrogens is 372 g/mol. The number of fused-ring (bicyclic) bond motifs is 1. The zero-order valence-electron chi connectivity index (χ0n) is 15.1. The maximum atomic E-state index is 12.3. The molecular formula is C17H24N4O3S2. The van der Waals surface area contributed by atoms with Crippen molar-refractivity contribution in [3.8, 4) is 10.8 Å². The average molecular weight is 397 g/mol. The van der Waals surface area contributed by atoms with Gasteiger partial charge in [0.2, 0.25) is 10.0 Å². The van der Waals surface area contributed by atoms with Crippen LogP contribution >= 0.6 is 11.3 Å². The Morgan fingerprint density at radius 1 is 1.31 bits per heavy atom. The van der Waals surface area contributed by atoms with Crippen LogP contribution in [0.15, 0.2) is 12.4 Å². The van der Waals surface area contributed by atoms with Crippen LogP contribution in [-0.2, 0) is 27.6 Å². The van der Waals surface area contributed by atoms with Gasteiger partial charge in [0.05, 0.1) is 30.7 Å². The number of ether oxygens (including phenoxy) is 1. The molecule has 1 saturated heterocycles. The van der Waals surface area contributed by atoms with Gasteiger partial charge in [-0.15, -0.1) is 11.3 Å². The standard InChI is InChI=1S/C17H24N4O3S2/c1-20(2)26(22,23)11-12-9-24-10-14(12)21-8-7-18-16(21)17-19-13-5-3-4-6-15(13)25-17/h7-8,12,14H,3-6,9-11H2,1-2H3/t12-,14-/m1/s1. The highest BCUT2D eigenvalue weighted by Crippen LogP contribution is 2.35. The molecule has 1 fully saturated rings. The van der Waals surface area contributed by atoms with Crippen molar-refractivity contribution in [3.63, 3.8) is 0 Å². The minimum Gasteiger partial charge on any atom is -0.379 e. The van der Waals surface area contributed by atoms with Crippen LogP contribution in [0.4, 0.5) is 0 Å². The normalized spacial score (nSPS) is 23.5. The first-order chi connectivity index (χ1) is 12.5. The highest BCUT2D eigenvalue weighted by atomic mass is 32.2. The molecule has 0 N–H and O–H groups in total. The summed E-state index contributed by atoms with van der Waals surface area (Å²) in [5.41, 5.74) is 1.21. The SMILES string of the molecule is CN(C)S(=O)(=O)C[C@H]1COC[C@H]1n1ccnc1-c1nc2c(s1)CCCC2. The van der Waals surface area contributed by atoms with E-state index in [1.54, 1.807) is 31.6 Å². The molecule has 2 aliphatic rings. The molecule has 2 aromatic heterocycles. The summed E-state index contributed by atoms with van der Waals surface area (Å²) in [5, 5.41) is 0.933. The summed E-state index contributed by atoms with van der Waals surface area (Å²) in [5.74, 6) is 0.813. The largest absolute Gasteiger partial charge is 0.379 e. The lowest BCUT2D eigenvalue weighted by Crippen LogP contribution is -2.32. The van der Waals surface area contributed by atoms with Gasteiger partial charge >= 0.3 is 0 Å². The monoisotopic (exact) mass is 396 g/mol. The van der Waals surface area contributed by atoms with E-state index in [9.17, 15) is 8.42 Å². The van der Waals surface area contributed by atoms with Gasteiger partial charge < -0.3 is 9.30 Å². The Kier molecular flexibility index (Phi) is 4.89. The van der Waals surface area contributed by atoms with Gasteiger partial charge in [-0.05, 0) is 25.7 Å². The number of sulfonamides is 1. The van der Waals surface area contributed by atoms with Crippen LogP contribution in [0.3, 0.4) is 0 Å². The maximum absolute atomic E-state index is 12.3. The van der Waals surface area contributed by atoms with Crippen molar-refractivity contribution in [1.82, 2.24) is 18.8 Å². The van der Waals surface area contributed by atoms with Crippen LogP contribution in [0.5, 0.6) is 0 Å². The summed E-state index contributed by atoms with van der Waals surface area (Å²) >= 11 is 1.72. The molecule has 7 nitrogen and oxygen atoms in total. The quantitative estimate of drug-likeness (QED) is 0.772. The second-order valence-corrected chi connectivity index (χ2v) is 10.5. The van der Waals surface area contributed by atoms with Crippen molar-refractivity contribution in [1.29, 1.82) is 0 Å². The van der Waals surface area contributed by atoms with Crippen LogP contribution in [0, 0.1) is 5.92 Å². The highest BCUT2D eigenvalue weighted by molar-refractivity contribution is 7.89. The molecule has 0 radical (unpaired) electrons. The number of rotatable bonds is 5. The van der Waals surface area contributed by atoms with E-state index < -0.39 is 10.0 Å². The Bertz CT molecular complexity index is 864. The van der Waals surface area contributed by atoms with E-state index >= 15 is 0 Å². The average Bonchev–Trinajstić information content (AvgIpc) is 3.32. The van der Waals surface area contributed by atoms with Gasteiger partial charge in [0.25, 0.3) is 0 Å². The van der Waals surface area contributed by atoms with Gasteiger partial charge in [-0.1, -0.05) is 0 Å². The number of thiazole rings is 1. The number of aryl methyl sites for hydroxylation is 2. The predicted octanol–water partition coefficient (Wildman–Crippen LogP) is 1.96. The number of hydrogen-bond acceptors (Lipinski definition) is 6. The van der Waals surface area contributed by atoms with Crippen molar-refractivity contribution in [3.05, 3.63) is 23.0 Å². The fourth-order valence-electron chi connectivity index (χ4n) is 3.67. The molecule has 0 amide bonds. The third-order valence-corrected chi connectivity index (χ3v) is 8.32. The third-order valence-electron chi connectivity index (χ3n) is 5.21. The Morgan fingerprint density at radius 3 is 2.88 bits per heavy atom. The fourth-order valence-corrected chi connectivity index (χ4v) is 5.98. The number of aromatic nitrogens is 3. The van der Waals surface area contributed by atoms with E-state index in [-0.39, 0.29) is 17.7 Å². The molecule has 0 bridgehead atoms. The Labute approximate surface area is 158 Å². The molecule has 2 aromatic rings. The molecule has 1 aliphatic carbocycles. The van der Waals surface area contributed by atoms with Crippen molar-refractivity contribution in [2.24, 2.45) is 5.92 Å². The molecule has 1 aliphatic heterocycles. The van der Waals surface area contributed by atoms with Crippen LogP contribution in [0.25, 0.3) is 10.8 Å². The summed E-state index contributed by atoms with van der Waals surface area (Å²) in [4.78, 5) is 10.7. The predicted molar refractivity (Wildman–Crippen MR) is 101 cm³/mol. The minimum atomic E-state index is -3.28. The summed E-state index contributed by atoms with van der Waals surface area (Å²) in [7, 11) is -0.134. The number of imidazole rings is 1. The molecule has 142 valence electrons. The molecule has 0 saturated carbocycles. The second kappa shape index (κ2) is 7.03. The number of hydrogen-bond donors (Lipinski definition) is 0. The summed E-state index contributed by atoms with van der Waals surface area (Å²) in [6.45, 7) is 0.950.